The number of rotatable bonds is 7. The van der Waals surface area contributed by atoms with E-state index in [-0.39, 0.29) is 12.4 Å². The van der Waals surface area contributed by atoms with Gasteiger partial charge in [0.1, 0.15) is 5.75 Å². The number of hydrogen-bond acceptors (Lipinski definition) is 4. The van der Waals surface area contributed by atoms with Crippen LogP contribution in [0.1, 0.15) is 12.5 Å². The number of ether oxygens (including phenoxy) is 2. The zero-order valence-electron chi connectivity index (χ0n) is 17.6. The van der Waals surface area contributed by atoms with Crippen LogP contribution in [0, 0.1) is 0 Å². The van der Waals surface area contributed by atoms with Gasteiger partial charge in [-0.3, -0.25) is 4.79 Å². The maximum absolute atomic E-state index is 12.5. The number of esters is 1. The maximum Gasteiger partial charge on any atom is 0.310 e. The smallest absolute Gasteiger partial charge is 0.310 e. The Bertz CT molecular complexity index is 1150. The molecular weight excluding hydrogens is 388 g/mol. The van der Waals surface area contributed by atoms with Crippen LogP contribution in [-0.4, -0.2) is 29.5 Å². The maximum atomic E-state index is 12.5. The quantitative estimate of drug-likeness (QED) is 0.386. The Morgan fingerprint density at radius 2 is 1.52 bits per heavy atom. The van der Waals surface area contributed by atoms with Crippen molar-refractivity contribution in [3.05, 3.63) is 90.5 Å². The Labute approximate surface area is 181 Å². The third-order valence-electron chi connectivity index (χ3n) is 5.02. The van der Waals surface area contributed by atoms with Gasteiger partial charge in [0, 0.05) is 16.7 Å². The number of nitrogens with zero attached hydrogens (tertiary/aromatic N) is 2. The van der Waals surface area contributed by atoms with Crippen molar-refractivity contribution in [2.45, 2.75) is 13.3 Å². The third kappa shape index (κ3) is 4.36. The number of hydrogen-bond donors (Lipinski definition) is 0. The average Bonchev–Trinajstić information content (AvgIpc) is 3.19. The third-order valence-corrected chi connectivity index (χ3v) is 5.02. The molecule has 0 N–H and O–H groups in total. The highest BCUT2D eigenvalue weighted by Crippen LogP contribution is 2.35. The number of carbonyl (C=O) groups is 1. The fourth-order valence-corrected chi connectivity index (χ4v) is 3.60. The predicted molar refractivity (Wildman–Crippen MR) is 121 cm³/mol. The van der Waals surface area contributed by atoms with E-state index < -0.39 is 0 Å². The minimum absolute atomic E-state index is 0.131. The molecule has 0 saturated heterocycles. The summed E-state index contributed by atoms with van der Waals surface area (Å²) in [5.74, 6) is 0.489. The van der Waals surface area contributed by atoms with Crippen molar-refractivity contribution in [1.29, 1.82) is 0 Å². The molecule has 0 atom stereocenters. The second-order valence-corrected chi connectivity index (χ2v) is 7.00. The van der Waals surface area contributed by atoms with E-state index >= 15 is 0 Å². The summed E-state index contributed by atoms with van der Waals surface area (Å²) in [5, 5.41) is 4.96. The first-order valence-electron chi connectivity index (χ1n) is 10.2. The van der Waals surface area contributed by atoms with E-state index in [0.29, 0.717) is 6.61 Å². The molecule has 4 rings (SSSR count). The summed E-state index contributed by atoms with van der Waals surface area (Å²) >= 11 is 0. The Balaban J connectivity index is 1.96. The van der Waals surface area contributed by atoms with Crippen LogP contribution in [0.3, 0.4) is 0 Å². The lowest BCUT2D eigenvalue weighted by molar-refractivity contribution is -0.142. The van der Waals surface area contributed by atoms with Crippen LogP contribution in [0.15, 0.2) is 84.9 Å². The highest BCUT2D eigenvalue weighted by Gasteiger charge is 2.24. The molecule has 0 spiro atoms. The van der Waals surface area contributed by atoms with Crippen LogP contribution in [0.5, 0.6) is 5.75 Å². The number of carbonyl (C=O) groups excluding carboxylic acids is 1. The lowest BCUT2D eigenvalue weighted by Gasteiger charge is -2.10. The van der Waals surface area contributed by atoms with E-state index in [0.717, 1.165) is 39.5 Å². The van der Waals surface area contributed by atoms with Crippen LogP contribution < -0.4 is 4.74 Å². The van der Waals surface area contributed by atoms with Gasteiger partial charge in [-0.1, -0.05) is 48.5 Å². The molecule has 1 aromatic heterocycles. The van der Waals surface area contributed by atoms with E-state index in [1.54, 1.807) is 7.11 Å². The molecule has 0 fully saturated rings. The van der Waals surface area contributed by atoms with Gasteiger partial charge < -0.3 is 9.47 Å². The molecule has 4 aromatic rings. The van der Waals surface area contributed by atoms with Crippen LogP contribution in [-0.2, 0) is 16.0 Å². The van der Waals surface area contributed by atoms with E-state index in [1.807, 2.05) is 96.5 Å². The van der Waals surface area contributed by atoms with Crippen molar-refractivity contribution in [2.75, 3.05) is 13.7 Å². The number of para-hydroxylation sites is 1. The van der Waals surface area contributed by atoms with Gasteiger partial charge >= 0.3 is 5.97 Å². The van der Waals surface area contributed by atoms with Crippen molar-refractivity contribution >= 4 is 5.97 Å². The molecule has 0 aliphatic rings. The van der Waals surface area contributed by atoms with E-state index in [1.165, 1.54) is 0 Å². The molecule has 0 aliphatic carbocycles. The van der Waals surface area contributed by atoms with Crippen molar-refractivity contribution in [3.63, 3.8) is 0 Å². The summed E-state index contributed by atoms with van der Waals surface area (Å²) in [6, 6.07) is 27.6. The molecule has 0 aliphatic heterocycles. The van der Waals surface area contributed by atoms with Gasteiger partial charge in [-0.25, -0.2) is 4.68 Å². The monoisotopic (exact) mass is 412 g/mol. The first-order chi connectivity index (χ1) is 15.2. The minimum atomic E-state index is -0.276. The normalized spacial score (nSPS) is 10.6. The van der Waals surface area contributed by atoms with Crippen LogP contribution in [0.4, 0.5) is 0 Å². The summed E-state index contributed by atoms with van der Waals surface area (Å²) in [7, 11) is 1.64. The molecule has 0 saturated carbocycles. The molecule has 0 unspecified atom stereocenters. The Morgan fingerprint density at radius 1 is 0.871 bits per heavy atom. The summed E-state index contributed by atoms with van der Waals surface area (Å²) < 4.78 is 12.5. The largest absolute Gasteiger partial charge is 0.497 e. The summed E-state index contributed by atoms with van der Waals surface area (Å²) in [4.78, 5) is 12.5. The zero-order valence-corrected chi connectivity index (χ0v) is 17.6. The van der Waals surface area contributed by atoms with Crippen molar-refractivity contribution in [3.8, 4) is 34.0 Å². The molecule has 156 valence electrons. The van der Waals surface area contributed by atoms with Crippen molar-refractivity contribution in [2.24, 2.45) is 0 Å². The van der Waals surface area contributed by atoms with Crippen LogP contribution in [0.2, 0.25) is 0 Å². The fourth-order valence-electron chi connectivity index (χ4n) is 3.60. The lowest BCUT2D eigenvalue weighted by Crippen LogP contribution is -2.09. The van der Waals surface area contributed by atoms with E-state index in [2.05, 4.69) is 0 Å². The average molecular weight is 412 g/mol. The number of methoxy groups -OCH3 is 1. The first kappa shape index (κ1) is 20.4. The Kier molecular flexibility index (Phi) is 6.13. The van der Waals surface area contributed by atoms with Gasteiger partial charge in [-0.05, 0) is 43.3 Å². The van der Waals surface area contributed by atoms with Gasteiger partial charge in [-0.15, -0.1) is 0 Å². The molecule has 5 heteroatoms. The molecule has 31 heavy (non-hydrogen) atoms. The topological polar surface area (TPSA) is 53.4 Å². The standard InChI is InChI=1S/C26H24N2O3/c1-3-31-24(29)18-23-25(19-14-16-22(30-2)17-15-19)27-28(21-12-8-5-9-13-21)26(23)20-10-6-4-7-11-20/h4-17H,3,18H2,1-2H3. The second-order valence-electron chi connectivity index (χ2n) is 7.00. The molecule has 1 heterocycles. The number of benzene rings is 3. The van der Waals surface area contributed by atoms with Gasteiger partial charge in [0.15, 0.2) is 0 Å². The summed E-state index contributed by atoms with van der Waals surface area (Å²) in [5.41, 5.74) is 5.28. The first-order valence-corrected chi connectivity index (χ1v) is 10.2. The Morgan fingerprint density at radius 3 is 2.13 bits per heavy atom. The van der Waals surface area contributed by atoms with Crippen LogP contribution >= 0.6 is 0 Å². The fraction of sp³-hybridized carbons (Fsp3) is 0.154. The molecule has 0 radical (unpaired) electrons. The Hall–Kier alpha value is -3.86. The highest BCUT2D eigenvalue weighted by molar-refractivity contribution is 5.83. The zero-order chi connectivity index (χ0) is 21.6. The molecule has 0 amide bonds. The van der Waals surface area contributed by atoms with Crippen molar-refractivity contribution < 1.29 is 14.3 Å². The predicted octanol–water partition coefficient (Wildman–Crippen LogP) is 5.32. The molecule has 3 aromatic carbocycles. The summed E-state index contributed by atoms with van der Waals surface area (Å²) in [6.45, 7) is 2.15. The van der Waals surface area contributed by atoms with E-state index in [4.69, 9.17) is 14.6 Å². The van der Waals surface area contributed by atoms with E-state index in [9.17, 15) is 4.79 Å². The lowest BCUT2D eigenvalue weighted by atomic mass is 9.99. The van der Waals surface area contributed by atoms with Gasteiger partial charge in [-0.2, -0.15) is 5.10 Å². The molecular formula is C26H24N2O3. The second kappa shape index (κ2) is 9.30. The summed E-state index contributed by atoms with van der Waals surface area (Å²) in [6.07, 6.45) is 0.131. The highest BCUT2D eigenvalue weighted by atomic mass is 16.5. The SMILES string of the molecule is CCOC(=O)Cc1c(-c2ccc(OC)cc2)nn(-c2ccccc2)c1-c1ccccc1. The van der Waals surface area contributed by atoms with Crippen LogP contribution in [0.25, 0.3) is 28.2 Å². The van der Waals surface area contributed by atoms with Crippen molar-refractivity contribution in [1.82, 2.24) is 9.78 Å². The minimum Gasteiger partial charge on any atom is -0.497 e. The molecule has 0 bridgehead atoms. The van der Waals surface area contributed by atoms with Gasteiger partial charge in [0.2, 0.25) is 0 Å². The van der Waals surface area contributed by atoms with Gasteiger partial charge in [0.25, 0.3) is 0 Å². The number of aromatic nitrogens is 2. The molecule has 5 nitrogen and oxygen atoms in total. The van der Waals surface area contributed by atoms with Gasteiger partial charge in [0.05, 0.1) is 37.2 Å².